The molecule has 3 atom stereocenters. The third-order valence-corrected chi connectivity index (χ3v) is 5.17. The van der Waals surface area contributed by atoms with Crippen LogP contribution in [-0.2, 0) is 0 Å². The van der Waals surface area contributed by atoms with Gasteiger partial charge in [-0.3, -0.25) is 10.2 Å². The zero-order valence-corrected chi connectivity index (χ0v) is 16.6. The highest BCUT2D eigenvalue weighted by Gasteiger charge is 2.42. The molecule has 1 aromatic carbocycles. The average Bonchev–Trinajstić information content (AvgIpc) is 3.23. The number of anilines is 1. The van der Waals surface area contributed by atoms with Gasteiger partial charge < -0.3 is 19.9 Å². The summed E-state index contributed by atoms with van der Waals surface area (Å²) in [5, 5.41) is 23.6. The van der Waals surface area contributed by atoms with E-state index in [1.807, 2.05) is 6.92 Å². The number of rotatable bonds is 6. The lowest BCUT2D eigenvalue weighted by Gasteiger charge is -2.37. The van der Waals surface area contributed by atoms with Crippen molar-refractivity contribution in [3.05, 3.63) is 47.3 Å². The molecular formula is C20H22F3N5O3. The molecule has 1 fully saturated rings. The summed E-state index contributed by atoms with van der Waals surface area (Å²) in [6, 6.07) is 7.79. The van der Waals surface area contributed by atoms with Gasteiger partial charge in [0.15, 0.2) is 6.10 Å². The number of hydrazone groups is 1. The second-order valence-electron chi connectivity index (χ2n) is 7.28. The molecule has 0 bridgehead atoms. The Morgan fingerprint density at radius 2 is 2.16 bits per heavy atom. The van der Waals surface area contributed by atoms with Gasteiger partial charge in [0.05, 0.1) is 17.5 Å². The number of aromatic nitrogens is 1. The van der Waals surface area contributed by atoms with Gasteiger partial charge in [0, 0.05) is 30.8 Å². The van der Waals surface area contributed by atoms with Crippen LogP contribution in [-0.4, -0.2) is 52.3 Å². The smallest absolute Gasteiger partial charge is 0.378 e. The number of nitrogens with one attached hydrogen (secondary N) is 2. The number of amides is 1. The molecule has 2 heterocycles. The quantitative estimate of drug-likeness (QED) is 0.471. The predicted octanol–water partition coefficient (Wildman–Crippen LogP) is 3.73. The first-order chi connectivity index (χ1) is 14.7. The molecule has 3 rings (SSSR count). The second kappa shape index (κ2) is 9.29. The number of aliphatic hydroxyl groups is 1. The van der Waals surface area contributed by atoms with Gasteiger partial charge in [-0.25, -0.2) is 0 Å². The van der Waals surface area contributed by atoms with Crippen LogP contribution in [0.15, 0.2) is 40.0 Å². The zero-order chi connectivity index (χ0) is 22.6. The Bertz CT molecular complexity index is 960. The van der Waals surface area contributed by atoms with Crippen LogP contribution in [0.1, 0.15) is 53.6 Å². The van der Waals surface area contributed by atoms with Gasteiger partial charge in [0.2, 0.25) is 0 Å². The maximum Gasteiger partial charge on any atom is 0.420 e. The molecule has 3 N–H and O–H groups in total. The van der Waals surface area contributed by atoms with Crippen LogP contribution in [0, 0.1) is 5.41 Å². The molecule has 1 aliphatic heterocycles. The molecule has 1 saturated heterocycles. The number of aliphatic hydroxyl groups excluding tert-OH is 1. The van der Waals surface area contributed by atoms with Gasteiger partial charge in [-0.15, -0.1) is 0 Å². The fraction of sp³-hybridized carbons (Fsp3) is 0.400. The van der Waals surface area contributed by atoms with Gasteiger partial charge in [-0.05, 0) is 31.9 Å². The van der Waals surface area contributed by atoms with Crippen LogP contribution in [0.2, 0.25) is 0 Å². The summed E-state index contributed by atoms with van der Waals surface area (Å²) in [6.45, 7) is 2.13. The van der Waals surface area contributed by atoms with E-state index in [1.165, 1.54) is 6.21 Å². The molecule has 1 aromatic heterocycles. The van der Waals surface area contributed by atoms with Crippen LogP contribution in [0.5, 0.6) is 0 Å². The molecule has 0 aliphatic carbocycles. The monoisotopic (exact) mass is 437 g/mol. The fourth-order valence-electron chi connectivity index (χ4n) is 3.48. The molecule has 0 radical (unpaired) electrons. The van der Waals surface area contributed by atoms with Crippen molar-refractivity contribution in [3.63, 3.8) is 0 Å². The number of para-hydroxylation sites is 1. The zero-order valence-electron chi connectivity index (χ0n) is 16.6. The van der Waals surface area contributed by atoms with E-state index >= 15 is 0 Å². The van der Waals surface area contributed by atoms with E-state index in [4.69, 9.17) is 9.93 Å². The lowest BCUT2D eigenvalue weighted by atomic mass is 9.90. The number of hydrogen-bond acceptors (Lipinski definition) is 7. The fourth-order valence-corrected chi connectivity index (χ4v) is 3.48. The number of likely N-dealkylation sites (tertiary alicyclic amines) is 1. The highest BCUT2D eigenvalue weighted by atomic mass is 19.4. The van der Waals surface area contributed by atoms with E-state index in [0.717, 1.165) is 12.3 Å². The Hall–Kier alpha value is -3.21. The van der Waals surface area contributed by atoms with Crippen molar-refractivity contribution in [1.82, 2.24) is 10.1 Å². The van der Waals surface area contributed by atoms with Crippen molar-refractivity contribution >= 4 is 24.0 Å². The highest BCUT2D eigenvalue weighted by molar-refractivity contribution is 6.14. The maximum atomic E-state index is 13.2. The molecule has 31 heavy (non-hydrogen) atoms. The molecule has 2 aromatic rings. The third-order valence-electron chi connectivity index (χ3n) is 5.17. The Morgan fingerprint density at radius 1 is 1.42 bits per heavy atom. The first-order valence-electron chi connectivity index (χ1n) is 9.61. The Balaban J connectivity index is 1.79. The molecule has 0 saturated carbocycles. The topological polar surface area (TPSA) is 115 Å². The number of carbonyl (C=O) groups excluding carboxylic acids is 1. The molecule has 8 nitrogen and oxygen atoms in total. The summed E-state index contributed by atoms with van der Waals surface area (Å²) in [5.41, 5.74) is 2.98. The van der Waals surface area contributed by atoms with E-state index in [0.29, 0.717) is 24.1 Å². The molecule has 0 unspecified atom stereocenters. The number of hydrogen-bond donors (Lipinski definition) is 3. The van der Waals surface area contributed by atoms with Crippen LogP contribution in [0.4, 0.5) is 18.9 Å². The first-order valence-corrected chi connectivity index (χ1v) is 9.61. The average molecular weight is 437 g/mol. The van der Waals surface area contributed by atoms with Gasteiger partial charge >= 0.3 is 6.18 Å². The number of nitrogens with zero attached hydrogens (tertiary/aromatic N) is 3. The summed E-state index contributed by atoms with van der Waals surface area (Å²) in [6.07, 6.45) is -4.10. The SMILES string of the molecule is C[C@@H]1CC[C@@H](c2cc([C@@H](O)C(F)(F)F)no2)CN1C(=O)c1ccccc1N/N=C\C=N. The van der Waals surface area contributed by atoms with Crippen molar-refractivity contribution in [2.24, 2.45) is 5.10 Å². The number of halogens is 3. The number of alkyl halides is 3. The summed E-state index contributed by atoms with van der Waals surface area (Å²) >= 11 is 0. The van der Waals surface area contributed by atoms with Crippen LogP contribution in [0.25, 0.3) is 0 Å². The molecule has 166 valence electrons. The normalized spacial score (nSPS) is 20.6. The summed E-state index contributed by atoms with van der Waals surface area (Å²) in [4.78, 5) is 14.9. The first kappa shape index (κ1) is 22.5. The summed E-state index contributed by atoms with van der Waals surface area (Å²) in [7, 11) is 0. The van der Waals surface area contributed by atoms with Gasteiger partial charge in [-0.2, -0.15) is 18.3 Å². The molecule has 1 amide bonds. The van der Waals surface area contributed by atoms with Crippen LogP contribution in [0.3, 0.4) is 0 Å². The Labute approximate surface area is 176 Å². The van der Waals surface area contributed by atoms with Crippen LogP contribution >= 0.6 is 0 Å². The summed E-state index contributed by atoms with van der Waals surface area (Å²) in [5.74, 6) is -0.414. The summed E-state index contributed by atoms with van der Waals surface area (Å²) < 4.78 is 43.3. The standard InChI is InChI=1S/C20H22F3N5O3/c1-12-6-7-13(17-10-16(27-31-17)18(29)20(21,22)23)11-28(12)19(30)14-4-2-3-5-15(14)26-25-9-8-24/h2-5,8-10,12-13,18,24,26,29H,6-7,11H2,1H3/b24-8?,25-9-/t12-,13-,18-/m1/s1. The third kappa shape index (κ3) is 5.10. The minimum atomic E-state index is -4.84. The number of benzene rings is 1. The highest BCUT2D eigenvalue weighted by Crippen LogP contribution is 2.36. The second-order valence-corrected chi connectivity index (χ2v) is 7.28. The van der Waals surface area contributed by atoms with Gasteiger partial charge in [-0.1, -0.05) is 17.3 Å². The predicted molar refractivity (Wildman–Crippen MR) is 107 cm³/mol. The Morgan fingerprint density at radius 3 is 2.87 bits per heavy atom. The molecule has 1 aliphatic rings. The van der Waals surface area contributed by atoms with Crippen molar-refractivity contribution < 1.29 is 27.6 Å². The largest absolute Gasteiger partial charge is 0.420 e. The van der Waals surface area contributed by atoms with E-state index in [9.17, 15) is 23.1 Å². The van der Waals surface area contributed by atoms with Gasteiger partial charge in [0.1, 0.15) is 11.5 Å². The number of carbonyl (C=O) groups is 1. The van der Waals surface area contributed by atoms with E-state index in [1.54, 1.807) is 29.2 Å². The molecule has 11 heteroatoms. The van der Waals surface area contributed by atoms with Crippen molar-refractivity contribution in [2.75, 3.05) is 12.0 Å². The minimum Gasteiger partial charge on any atom is -0.378 e. The van der Waals surface area contributed by atoms with E-state index in [-0.39, 0.29) is 30.2 Å². The van der Waals surface area contributed by atoms with Crippen molar-refractivity contribution in [2.45, 2.75) is 44.0 Å². The Kier molecular flexibility index (Phi) is 6.74. The molecular weight excluding hydrogens is 415 g/mol. The minimum absolute atomic E-state index is 0.0926. The van der Waals surface area contributed by atoms with Gasteiger partial charge in [0.25, 0.3) is 5.91 Å². The van der Waals surface area contributed by atoms with E-state index in [2.05, 4.69) is 15.7 Å². The van der Waals surface area contributed by atoms with Crippen LogP contribution < -0.4 is 5.43 Å². The van der Waals surface area contributed by atoms with E-state index < -0.39 is 18.0 Å². The van der Waals surface area contributed by atoms with Crippen molar-refractivity contribution in [3.8, 4) is 0 Å². The lowest BCUT2D eigenvalue weighted by molar-refractivity contribution is -0.208. The number of piperidine rings is 1. The maximum absolute atomic E-state index is 13.2. The molecule has 0 spiro atoms. The lowest BCUT2D eigenvalue weighted by Crippen LogP contribution is -2.45. The van der Waals surface area contributed by atoms with Crippen molar-refractivity contribution in [1.29, 1.82) is 5.41 Å².